The first-order chi connectivity index (χ1) is 6.90. The second kappa shape index (κ2) is 4.72. The third kappa shape index (κ3) is 3.97. The van der Waals surface area contributed by atoms with E-state index in [1.165, 1.54) is 18.2 Å². The van der Waals surface area contributed by atoms with Crippen molar-refractivity contribution in [2.45, 2.75) is 12.7 Å². The molecule has 1 aromatic carbocycles. The second-order valence-corrected chi connectivity index (χ2v) is 3.36. The van der Waals surface area contributed by atoms with Crippen LogP contribution in [0, 0.1) is 0 Å². The van der Waals surface area contributed by atoms with E-state index in [2.05, 4.69) is 5.32 Å². The number of alkyl halides is 3. The number of phenolic OH excluding ortho intramolecular Hbond substituents is 1. The third-order valence-electron chi connectivity index (χ3n) is 1.72. The van der Waals surface area contributed by atoms with E-state index in [-0.39, 0.29) is 22.9 Å². The average molecular weight is 240 g/mol. The summed E-state index contributed by atoms with van der Waals surface area (Å²) in [4.78, 5) is 0. The van der Waals surface area contributed by atoms with Gasteiger partial charge in [-0.2, -0.15) is 13.2 Å². The molecule has 2 N–H and O–H groups in total. The molecule has 0 aliphatic carbocycles. The van der Waals surface area contributed by atoms with E-state index in [0.717, 1.165) is 0 Å². The maximum Gasteiger partial charge on any atom is 0.401 e. The molecule has 0 amide bonds. The van der Waals surface area contributed by atoms with Crippen molar-refractivity contribution in [1.29, 1.82) is 0 Å². The summed E-state index contributed by atoms with van der Waals surface area (Å²) in [5.41, 5.74) is 0.267. The third-order valence-corrected chi connectivity index (χ3v) is 2.08. The van der Waals surface area contributed by atoms with Crippen molar-refractivity contribution < 1.29 is 18.3 Å². The van der Waals surface area contributed by atoms with Crippen LogP contribution in [-0.2, 0) is 6.54 Å². The molecule has 0 aliphatic heterocycles. The molecule has 0 saturated carbocycles. The molecule has 0 aliphatic rings. The standard InChI is InChI=1S/C9H9ClF3NO/c10-7-2-1-3-8(15)6(7)4-14-5-9(11,12)13/h1-3,14-15H,4-5H2. The molecule has 84 valence electrons. The van der Waals surface area contributed by atoms with Crippen molar-refractivity contribution in [1.82, 2.24) is 5.32 Å². The fraction of sp³-hybridized carbons (Fsp3) is 0.333. The highest BCUT2D eigenvalue weighted by molar-refractivity contribution is 6.31. The largest absolute Gasteiger partial charge is 0.508 e. The predicted molar refractivity (Wildman–Crippen MR) is 50.9 cm³/mol. The minimum Gasteiger partial charge on any atom is -0.508 e. The van der Waals surface area contributed by atoms with Crippen molar-refractivity contribution in [3.63, 3.8) is 0 Å². The number of hydrogen-bond donors (Lipinski definition) is 2. The molecule has 0 fully saturated rings. The summed E-state index contributed by atoms with van der Waals surface area (Å²) in [7, 11) is 0. The van der Waals surface area contributed by atoms with E-state index < -0.39 is 12.7 Å². The van der Waals surface area contributed by atoms with E-state index in [9.17, 15) is 18.3 Å². The van der Waals surface area contributed by atoms with E-state index in [1.54, 1.807) is 0 Å². The van der Waals surface area contributed by atoms with E-state index in [4.69, 9.17) is 11.6 Å². The molecule has 0 atom stereocenters. The number of phenols is 1. The van der Waals surface area contributed by atoms with Crippen LogP contribution in [0.3, 0.4) is 0 Å². The van der Waals surface area contributed by atoms with Gasteiger partial charge in [0.05, 0.1) is 6.54 Å². The molecular formula is C9H9ClF3NO. The van der Waals surface area contributed by atoms with Crippen LogP contribution in [0.25, 0.3) is 0 Å². The Morgan fingerprint density at radius 2 is 2.00 bits per heavy atom. The number of halogens is 4. The van der Waals surface area contributed by atoms with E-state index in [0.29, 0.717) is 0 Å². The molecule has 0 heterocycles. The summed E-state index contributed by atoms with van der Waals surface area (Å²) in [5, 5.41) is 11.7. The maximum absolute atomic E-state index is 11.8. The van der Waals surface area contributed by atoms with Crippen LogP contribution in [0.1, 0.15) is 5.56 Å². The quantitative estimate of drug-likeness (QED) is 0.850. The fourth-order valence-electron chi connectivity index (χ4n) is 1.05. The van der Waals surface area contributed by atoms with Crippen LogP contribution in [0.15, 0.2) is 18.2 Å². The van der Waals surface area contributed by atoms with Gasteiger partial charge in [-0.05, 0) is 12.1 Å². The first-order valence-electron chi connectivity index (χ1n) is 4.14. The molecule has 15 heavy (non-hydrogen) atoms. The smallest absolute Gasteiger partial charge is 0.401 e. The zero-order valence-electron chi connectivity index (χ0n) is 7.61. The van der Waals surface area contributed by atoms with Gasteiger partial charge in [0.25, 0.3) is 0 Å². The molecule has 0 bridgehead atoms. The lowest BCUT2D eigenvalue weighted by molar-refractivity contribution is -0.125. The number of rotatable bonds is 3. The zero-order valence-corrected chi connectivity index (χ0v) is 8.36. The first kappa shape index (κ1) is 12.1. The van der Waals surface area contributed by atoms with Crippen molar-refractivity contribution in [3.05, 3.63) is 28.8 Å². The second-order valence-electron chi connectivity index (χ2n) is 2.96. The zero-order chi connectivity index (χ0) is 11.5. The van der Waals surface area contributed by atoms with Gasteiger partial charge in [-0.1, -0.05) is 17.7 Å². The molecule has 1 rings (SSSR count). The Morgan fingerprint density at radius 3 is 2.53 bits per heavy atom. The fourth-order valence-corrected chi connectivity index (χ4v) is 1.29. The lowest BCUT2D eigenvalue weighted by Gasteiger charge is -2.10. The highest BCUT2D eigenvalue weighted by Gasteiger charge is 2.26. The summed E-state index contributed by atoms with van der Waals surface area (Å²) < 4.78 is 35.4. The van der Waals surface area contributed by atoms with Gasteiger partial charge in [-0.15, -0.1) is 0 Å². The lowest BCUT2D eigenvalue weighted by Crippen LogP contribution is -2.28. The van der Waals surface area contributed by atoms with Crippen molar-refractivity contribution in [2.24, 2.45) is 0 Å². The Morgan fingerprint density at radius 1 is 1.33 bits per heavy atom. The van der Waals surface area contributed by atoms with E-state index in [1.807, 2.05) is 0 Å². The number of aromatic hydroxyl groups is 1. The first-order valence-corrected chi connectivity index (χ1v) is 4.52. The highest BCUT2D eigenvalue weighted by Crippen LogP contribution is 2.25. The minimum absolute atomic E-state index is 0.114. The Kier molecular flexibility index (Phi) is 3.82. The monoisotopic (exact) mass is 239 g/mol. The summed E-state index contributed by atoms with van der Waals surface area (Å²) >= 11 is 5.70. The molecule has 0 aromatic heterocycles. The van der Waals surface area contributed by atoms with Gasteiger partial charge in [-0.3, -0.25) is 0 Å². The van der Waals surface area contributed by atoms with Crippen molar-refractivity contribution >= 4 is 11.6 Å². The predicted octanol–water partition coefficient (Wildman–Crippen LogP) is 2.70. The van der Waals surface area contributed by atoms with Crippen molar-refractivity contribution in [2.75, 3.05) is 6.54 Å². The summed E-state index contributed by atoms with van der Waals surface area (Å²) in [6, 6.07) is 4.40. The van der Waals surface area contributed by atoms with Crippen LogP contribution < -0.4 is 5.32 Å². The molecular weight excluding hydrogens is 231 g/mol. The minimum atomic E-state index is -4.27. The molecule has 2 nitrogen and oxygen atoms in total. The topological polar surface area (TPSA) is 32.3 Å². The summed E-state index contributed by atoms with van der Waals surface area (Å²) in [6.07, 6.45) is -4.27. The van der Waals surface area contributed by atoms with E-state index >= 15 is 0 Å². The molecule has 0 spiro atoms. The van der Waals surface area contributed by atoms with Gasteiger partial charge in [0, 0.05) is 17.1 Å². The lowest BCUT2D eigenvalue weighted by atomic mass is 10.2. The van der Waals surface area contributed by atoms with Crippen LogP contribution in [0.4, 0.5) is 13.2 Å². The Bertz CT molecular complexity index is 320. The molecule has 6 heteroatoms. The highest BCUT2D eigenvalue weighted by atomic mass is 35.5. The average Bonchev–Trinajstić information content (AvgIpc) is 2.08. The van der Waals surface area contributed by atoms with Crippen LogP contribution in [-0.4, -0.2) is 17.8 Å². The van der Waals surface area contributed by atoms with Gasteiger partial charge in [-0.25, -0.2) is 0 Å². The van der Waals surface area contributed by atoms with Crippen LogP contribution >= 0.6 is 11.6 Å². The molecule has 0 radical (unpaired) electrons. The molecule has 0 saturated heterocycles. The van der Waals surface area contributed by atoms with Gasteiger partial charge < -0.3 is 10.4 Å². The van der Waals surface area contributed by atoms with Crippen LogP contribution in [0.2, 0.25) is 5.02 Å². The van der Waals surface area contributed by atoms with Crippen molar-refractivity contribution in [3.8, 4) is 5.75 Å². The SMILES string of the molecule is Oc1cccc(Cl)c1CNCC(F)(F)F. The van der Waals surface area contributed by atoms with Gasteiger partial charge >= 0.3 is 6.18 Å². The Hall–Kier alpha value is -0.940. The Labute approximate surface area is 89.7 Å². The van der Waals surface area contributed by atoms with Gasteiger partial charge in [0.15, 0.2) is 0 Å². The normalized spacial score (nSPS) is 11.7. The molecule has 1 aromatic rings. The molecule has 0 unspecified atom stereocenters. The summed E-state index contributed by atoms with van der Waals surface area (Å²) in [6.45, 7) is -1.23. The van der Waals surface area contributed by atoms with Gasteiger partial charge in [0.2, 0.25) is 0 Å². The number of benzene rings is 1. The summed E-state index contributed by atoms with van der Waals surface area (Å²) in [5.74, 6) is -0.114. The van der Waals surface area contributed by atoms with Crippen LogP contribution in [0.5, 0.6) is 5.75 Å². The number of nitrogens with one attached hydrogen (secondary N) is 1. The number of hydrogen-bond acceptors (Lipinski definition) is 2. The Balaban J connectivity index is 2.58. The van der Waals surface area contributed by atoms with Gasteiger partial charge in [0.1, 0.15) is 5.75 Å². The maximum atomic E-state index is 11.8.